The molecule has 21 heavy (non-hydrogen) atoms. The number of Topliss-reactive ketones (excluding diaryl/α,β-unsaturated/α-hetero) is 1. The summed E-state index contributed by atoms with van der Waals surface area (Å²) in [5.41, 5.74) is 2.28. The molecule has 0 aromatic heterocycles. The van der Waals surface area contributed by atoms with Gasteiger partial charge in [0.15, 0.2) is 5.78 Å². The zero-order valence-electron chi connectivity index (χ0n) is 11.0. The van der Waals surface area contributed by atoms with Crippen LogP contribution in [0.2, 0.25) is 0 Å². The number of fused-ring (bicyclic) bond motifs is 1. The molecule has 0 amide bonds. The molecule has 5 heteroatoms. The average molecular weight is 414 g/mol. The van der Waals surface area contributed by atoms with Crippen molar-refractivity contribution in [2.75, 3.05) is 6.61 Å². The van der Waals surface area contributed by atoms with Crippen LogP contribution >= 0.6 is 31.9 Å². The van der Waals surface area contributed by atoms with Gasteiger partial charge in [-0.1, -0.05) is 28.1 Å². The molecule has 0 radical (unpaired) electrons. The molecule has 0 bridgehead atoms. The number of benzene rings is 2. The van der Waals surface area contributed by atoms with Crippen LogP contribution in [0.25, 0.3) is 0 Å². The quantitative estimate of drug-likeness (QED) is 0.681. The third-order valence-electron chi connectivity index (χ3n) is 3.43. The van der Waals surface area contributed by atoms with Crippen LogP contribution in [0.15, 0.2) is 39.3 Å². The van der Waals surface area contributed by atoms with E-state index < -0.39 is 5.82 Å². The highest BCUT2D eigenvalue weighted by molar-refractivity contribution is 9.10. The minimum Gasteiger partial charge on any atom is -0.493 e. The molecule has 0 atom stereocenters. The number of rotatable bonds is 3. The number of carbonyl (C=O) groups excluding carboxylic acids is 1. The third kappa shape index (κ3) is 2.90. The standard InChI is InChI=1S/C16H11Br2FO2/c17-11-6-9-4-5-21-16(9)10(7-11)8-14(20)12-2-1-3-13(19)15(12)18/h1-3,6-7H,4-5,8H2. The van der Waals surface area contributed by atoms with Gasteiger partial charge < -0.3 is 4.74 Å². The second-order valence-electron chi connectivity index (χ2n) is 4.85. The van der Waals surface area contributed by atoms with Crippen LogP contribution in [-0.4, -0.2) is 12.4 Å². The number of hydrogen-bond donors (Lipinski definition) is 0. The Morgan fingerprint density at radius 3 is 2.90 bits per heavy atom. The Balaban J connectivity index is 1.94. The van der Waals surface area contributed by atoms with E-state index in [0.29, 0.717) is 12.2 Å². The summed E-state index contributed by atoms with van der Waals surface area (Å²) in [5, 5.41) is 0. The second-order valence-corrected chi connectivity index (χ2v) is 6.56. The Morgan fingerprint density at radius 2 is 2.10 bits per heavy atom. The lowest BCUT2D eigenvalue weighted by Crippen LogP contribution is -2.06. The largest absolute Gasteiger partial charge is 0.493 e. The topological polar surface area (TPSA) is 26.3 Å². The molecule has 2 aromatic carbocycles. The molecule has 2 nitrogen and oxygen atoms in total. The van der Waals surface area contributed by atoms with Gasteiger partial charge >= 0.3 is 0 Å². The van der Waals surface area contributed by atoms with Gasteiger partial charge in [0.05, 0.1) is 11.1 Å². The molecule has 2 aromatic rings. The molecular weight excluding hydrogens is 403 g/mol. The maximum atomic E-state index is 13.5. The average Bonchev–Trinajstić information content (AvgIpc) is 2.90. The van der Waals surface area contributed by atoms with E-state index in [-0.39, 0.29) is 16.7 Å². The minimum absolute atomic E-state index is 0.142. The fourth-order valence-electron chi connectivity index (χ4n) is 2.46. The highest BCUT2D eigenvalue weighted by Gasteiger charge is 2.21. The Bertz CT molecular complexity index is 728. The van der Waals surface area contributed by atoms with Crippen molar-refractivity contribution in [3.8, 4) is 5.75 Å². The Kier molecular flexibility index (Phi) is 4.13. The van der Waals surface area contributed by atoms with Gasteiger partial charge in [0.1, 0.15) is 11.6 Å². The Morgan fingerprint density at radius 1 is 1.29 bits per heavy atom. The lowest BCUT2D eigenvalue weighted by molar-refractivity contribution is 0.0990. The van der Waals surface area contributed by atoms with Crippen molar-refractivity contribution >= 4 is 37.6 Å². The monoisotopic (exact) mass is 412 g/mol. The zero-order valence-corrected chi connectivity index (χ0v) is 14.1. The number of ether oxygens (including phenoxy) is 1. The van der Waals surface area contributed by atoms with E-state index in [0.717, 1.165) is 27.8 Å². The van der Waals surface area contributed by atoms with Crippen molar-refractivity contribution in [1.29, 1.82) is 0 Å². The third-order valence-corrected chi connectivity index (χ3v) is 4.69. The first-order valence-corrected chi connectivity index (χ1v) is 8.06. The first-order valence-electron chi connectivity index (χ1n) is 6.47. The van der Waals surface area contributed by atoms with E-state index in [4.69, 9.17) is 4.74 Å². The molecular formula is C16H11Br2FO2. The normalized spacial score (nSPS) is 12.9. The van der Waals surface area contributed by atoms with Crippen molar-refractivity contribution < 1.29 is 13.9 Å². The molecule has 1 heterocycles. The summed E-state index contributed by atoms with van der Waals surface area (Å²) in [6.45, 7) is 0.636. The van der Waals surface area contributed by atoms with E-state index in [1.165, 1.54) is 12.1 Å². The SMILES string of the molecule is O=C(Cc1cc(Br)cc2c1OCC2)c1cccc(F)c1Br. The summed E-state index contributed by atoms with van der Waals surface area (Å²) < 4.78 is 20.3. The van der Waals surface area contributed by atoms with E-state index in [9.17, 15) is 9.18 Å². The van der Waals surface area contributed by atoms with Gasteiger partial charge in [-0.25, -0.2) is 4.39 Å². The number of ketones is 1. The molecule has 0 saturated heterocycles. The predicted molar refractivity (Wildman–Crippen MR) is 85.5 cm³/mol. The molecule has 1 aliphatic heterocycles. The van der Waals surface area contributed by atoms with Gasteiger partial charge in [0, 0.05) is 28.4 Å². The molecule has 1 aliphatic rings. The molecule has 0 saturated carbocycles. The summed E-state index contributed by atoms with van der Waals surface area (Å²) >= 11 is 6.59. The van der Waals surface area contributed by atoms with Crippen LogP contribution in [0.1, 0.15) is 21.5 Å². The van der Waals surface area contributed by atoms with Gasteiger partial charge in [-0.05, 0) is 39.7 Å². The lowest BCUT2D eigenvalue weighted by Gasteiger charge is -2.09. The fourth-order valence-corrected chi connectivity index (χ4v) is 3.50. The van der Waals surface area contributed by atoms with Crippen LogP contribution in [0.5, 0.6) is 5.75 Å². The molecule has 108 valence electrons. The summed E-state index contributed by atoms with van der Waals surface area (Å²) in [6, 6.07) is 8.37. The highest BCUT2D eigenvalue weighted by Crippen LogP contribution is 2.34. The predicted octanol–water partition coefficient (Wildman–Crippen LogP) is 4.71. The molecule has 0 aliphatic carbocycles. The van der Waals surface area contributed by atoms with Crippen LogP contribution in [0.4, 0.5) is 4.39 Å². The first kappa shape index (κ1) is 14.7. The smallest absolute Gasteiger partial charge is 0.168 e. The van der Waals surface area contributed by atoms with Crippen molar-refractivity contribution in [1.82, 2.24) is 0 Å². The van der Waals surface area contributed by atoms with E-state index >= 15 is 0 Å². The number of halogens is 3. The van der Waals surface area contributed by atoms with E-state index in [2.05, 4.69) is 31.9 Å². The van der Waals surface area contributed by atoms with Crippen molar-refractivity contribution in [2.24, 2.45) is 0 Å². The summed E-state index contributed by atoms with van der Waals surface area (Å²) in [6.07, 6.45) is 1.03. The maximum Gasteiger partial charge on any atom is 0.168 e. The molecule has 0 unspecified atom stereocenters. The van der Waals surface area contributed by atoms with Crippen LogP contribution in [0.3, 0.4) is 0 Å². The molecule has 3 rings (SSSR count). The Labute approximate surface area is 138 Å². The van der Waals surface area contributed by atoms with Crippen molar-refractivity contribution in [3.05, 3.63) is 61.8 Å². The van der Waals surface area contributed by atoms with Crippen molar-refractivity contribution in [2.45, 2.75) is 12.8 Å². The molecule has 0 fully saturated rings. The van der Waals surface area contributed by atoms with Gasteiger partial charge in [0.25, 0.3) is 0 Å². The summed E-state index contributed by atoms with van der Waals surface area (Å²) in [7, 11) is 0. The van der Waals surface area contributed by atoms with Crippen LogP contribution in [0, 0.1) is 5.82 Å². The molecule has 0 spiro atoms. The fraction of sp³-hybridized carbons (Fsp3) is 0.188. The zero-order chi connectivity index (χ0) is 15.0. The summed E-state index contributed by atoms with van der Waals surface area (Å²) in [5.74, 6) is 0.216. The van der Waals surface area contributed by atoms with E-state index in [1.807, 2.05) is 12.1 Å². The number of hydrogen-bond acceptors (Lipinski definition) is 2. The summed E-state index contributed by atoms with van der Waals surface area (Å²) in [4.78, 5) is 12.4. The maximum absolute atomic E-state index is 13.5. The van der Waals surface area contributed by atoms with Gasteiger partial charge in [-0.15, -0.1) is 0 Å². The minimum atomic E-state index is -0.434. The van der Waals surface area contributed by atoms with Crippen LogP contribution < -0.4 is 4.74 Å². The molecule has 0 N–H and O–H groups in total. The van der Waals surface area contributed by atoms with Gasteiger partial charge in [0.2, 0.25) is 0 Å². The second kappa shape index (κ2) is 5.89. The lowest BCUT2D eigenvalue weighted by atomic mass is 10.00. The van der Waals surface area contributed by atoms with E-state index in [1.54, 1.807) is 6.07 Å². The Hall–Kier alpha value is -1.20. The highest BCUT2D eigenvalue weighted by atomic mass is 79.9. The first-order chi connectivity index (χ1) is 10.1. The van der Waals surface area contributed by atoms with Gasteiger partial charge in [-0.3, -0.25) is 4.79 Å². The van der Waals surface area contributed by atoms with Crippen molar-refractivity contribution in [3.63, 3.8) is 0 Å². The van der Waals surface area contributed by atoms with Crippen LogP contribution in [-0.2, 0) is 12.8 Å². The van der Waals surface area contributed by atoms with Gasteiger partial charge in [-0.2, -0.15) is 0 Å². The number of carbonyl (C=O) groups is 1.